The Morgan fingerprint density at radius 2 is 1.73 bits per heavy atom. The number of hydrogen-bond acceptors (Lipinski definition) is 3. The van der Waals surface area contributed by atoms with Gasteiger partial charge in [0.2, 0.25) is 5.91 Å². The van der Waals surface area contributed by atoms with Crippen LogP contribution in [0.15, 0.2) is 0 Å². The van der Waals surface area contributed by atoms with E-state index in [1.807, 2.05) is 13.8 Å². The minimum absolute atomic E-state index is 0.0144. The zero-order valence-corrected chi connectivity index (χ0v) is 10.1. The lowest BCUT2D eigenvalue weighted by molar-refractivity contribution is -0.150. The van der Waals surface area contributed by atoms with E-state index in [9.17, 15) is 9.59 Å². The van der Waals surface area contributed by atoms with E-state index in [1.165, 1.54) is 0 Å². The van der Waals surface area contributed by atoms with Crippen molar-refractivity contribution in [1.29, 1.82) is 0 Å². The summed E-state index contributed by atoms with van der Waals surface area (Å²) in [6.07, 6.45) is 0.237. The Morgan fingerprint density at radius 1 is 1.20 bits per heavy atom. The molecule has 0 saturated heterocycles. The van der Waals surface area contributed by atoms with Gasteiger partial charge in [0.25, 0.3) is 0 Å². The van der Waals surface area contributed by atoms with Gasteiger partial charge in [-0.2, -0.15) is 0 Å². The summed E-state index contributed by atoms with van der Waals surface area (Å²) >= 11 is 0. The Bertz CT molecular complexity index is 212. The van der Waals surface area contributed by atoms with Crippen LogP contribution in [-0.2, 0) is 14.3 Å². The van der Waals surface area contributed by atoms with E-state index in [0.29, 0.717) is 19.7 Å². The molecule has 0 heterocycles. The number of nitrogens with zero attached hydrogens (tertiary/aromatic N) is 1. The first kappa shape index (κ1) is 13.9. The van der Waals surface area contributed by atoms with E-state index in [-0.39, 0.29) is 24.2 Å². The zero-order chi connectivity index (χ0) is 11.8. The molecule has 1 amide bonds. The molecule has 0 radical (unpaired) electrons. The molecule has 0 aliphatic carbocycles. The lowest BCUT2D eigenvalue weighted by atomic mass is 10.1. The van der Waals surface area contributed by atoms with Crippen molar-refractivity contribution in [3.05, 3.63) is 0 Å². The van der Waals surface area contributed by atoms with Gasteiger partial charge >= 0.3 is 5.97 Å². The largest absolute Gasteiger partial charge is 0.466 e. The number of esters is 1. The van der Waals surface area contributed by atoms with Crippen LogP contribution in [0.3, 0.4) is 0 Å². The summed E-state index contributed by atoms with van der Waals surface area (Å²) in [7, 11) is 0. The number of hydrogen-bond donors (Lipinski definition) is 0. The van der Waals surface area contributed by atoms with Crippen molar-refractivity contribution < 1.29 is 14.3 Å². The van der Waals surface area contributed by atoms with Crippen LogP contribution in [0.25, 0.3) is 0 Å². The van der Waals surface area contributed by atoms with Crippen molar-refractivity contribution in [2.24, 2.45) is 5.92 Å². The summed E-state index contributed by atoms with van der Waals surface area (Å²) in [6.45, 7) is 9.07. The van der Waals surface area contributed by atoms with Gasteiger partial charge in [-0.15, -0.1) is 0 Å². The summed E-state index contributed by atoms with van der Waals surface area (Å²) < 4.78 is 4.84. The van der Waals surface area contributed by atoms with Crippen LogP contribution in [0.2, 0.25) is 0 Å². The minimum Gasteiger partial charge on any atom is -0.466 e. The van der Waals surface area contributed by atoms with E-state index < -0.39 is 0 Å². The third kappa shape index (κ3) is 4.81. The highest BCUT2D eigenvalue weighted by Gasteiger charge is 2.20. The van der Waals surface area contributed by atoms with Gasteiger partial charge in [0.1, 0.15) is 0 Å². The van der Waals surface area contributed by atoms with Gasteiger partial charge in [-0.1, -0.05) is 6.92 Å². The van der Waals surface area contributed by atoms with Gasteiger partial charge in [0.15, 0.2) is 0 Å². The summed E-state index contributed by atoms with van der Waals surface area (Å²) in [6, 6.07) is 0. The second-order valence-electron chi connectivity index (χ2n) is 3.42. The van der Waals surface area contributed by atoms with Crippen LogP contribution in [-0.4, -0.2) is 36.5 Å². The fraction of sp³-hybridized carbons (Fsp3) is 0.818. The topological polar surface area (TPSA) is 46.6 Å². The maximum absolute atomic E-state index is 11.6. The van der Waals surface area contributed by atoms with E-state index in [1.54, 1.807) is 18.7 Å². The van der Waals surface area contributed by atoms with Gasteiger partial charge in [0, 0.05) is 19.5 Å². The monoisotopic (exact) mass is 215 g/mol. The highest BCUT2D eigenvalue weighted by atomic mass is 16.5. The Hall–Kier alpha value is -1.06. The Balaban J connectivity index is 4.10. The molecule has 0 aromatic carbocycles. The maximum Gasteiger partial charge on any atom is 0.309 e. The number of amides is 1. The van der Waals surface area contributed by atoms with Crippen LogP contribution >= 0.6 is 0 Å². The lowest BCUT2D eigenvalue weighted by Crippen LogP contribution is -2.33. The molecule has 0 spiro atoms. The average molecular weight is 215 g/mol. The van der Waals surface area contributed by atoms with E-state index in [2.05, 4.69) is 0 Å². The molecule has 0 aliphatic heterocycles. The number of ether oxygens (including phenoxy) is 1. The molecule has 0 aliphatic rings. The smallest absolute Gasteiger partial charge is 0.309 e. The fourth-order valence-corrected chi connectivity index (χ4v) is 1.34. The van der Waals surface area contributed by atoms with Crippen LogP contribution in [0.5, 0.6) is 0 Å². The van der Waals surface area contributed by atoms with Gasteiger partial charge in [-0.3, -0.25) is 9.59 Å². The predicted molar refractivity (Wildman–Crippen MR) is 58.3 cm³/mol. The second-order valence-corrected chi connectivity index (χ2v) is 3.42. The molecule has 0 rings (SSSR count). The Kier molecular flexibility index (Phi) is 6.75. The van der Waals surface area contributed by atoms with Crippen molar-refractivity contribution >= 4 is 11.9 Å². The van der Waals surface area contributed by atoms with E-state index in [4.69, 9.17) is 4.74 Å². The first-order valence-corrected chi connectivity index (χ1v) is 5.51. The van der Waals surface area contributed by atoms with Crippen LogP contribution < -0.4 is 0 Å². The number of rotatable bonds is 6. The highest BCUT2D eigenvalue weighted by molar-refractivity contribution is 5.82. The highest BCUT2D eigenvalue weighted by Crippen LogP contribution is 2.07. The molecule has 88 valence electrons. The number of carbonyl (C=O) groups excluding carboxylic acids is 2. The van der Waals surface area contributed by atoms with Crippen molar-refractivity contribution in [2.75, 3.05) is 19.7 Å². The first-order valence-electron chi connectivity index (χ1n) is 5.51. The molecule has 0 fully saturated rings. The summed E-state index contributed by atoms with van der Waals surface area (Å²) in [5.41, 5.74) is 0. The number of carbonyl (C=O) groups is 2. The molecule has 4 heteroatoms. The average Bonchev–Trinajstić information content (AvgIpc) is 2.19. The summed E-state index contributed by atoms with van der Waals surface area (Å²) in [5.74, 6) is -0.628. The van der Waals surface area contributed by atoms with E-state index in [0.717, 1.165) is 0 Å². The van der Waals surface area contributed by atoms with Crippen LogP contribution in [0, 0.1) is 5.92 Å². The predicted octanol–water partition coefficient (Wildman–Crippen LogP) is 1.44. The Labute approximate surface area is 91.6 Å². The van der Waals surface area contributed by atoms with Gasteiger partial charge in [0.05, 0.1) is 12.5 Å². The lowest BCUT2D eigenvalue weighted by Gasteiger charge is -2.20. The third-order valence-electron chi connectivity index (χ3n) is 2.29. The van der Waals surface area contributed by atoms with Gasteiger partial charge in [-0.25, -0.2) is 0 Å². The summed E-state index contributed by atoms with van der Waals surface area (Å²) in [4.78, 5) is 24.6. The van der Waals surface area contributed by atoms with Crippen molar-refractivity contribution in [3.8, 4) is 0 Å². The first-order chi connectivity index (χ1) is 7.06. The normalized spacial score (nSPS) is 12.0. The maximum atomic E-state index is 11.6. The SMILES string of the molecule is CCOC(=O)C(C)CC(=O)N(CC)CC. The molecule has 4 nitrogen and oxygen atoms in total. The van der Waals surface area contributed by atoms with Crippen molar-refractivity contribution in [1.82, 2.24) is 4.90 Å². The van der Waals surface area contributed by atoms with Gasteiger partial charge in [-0.05, 0) is 20.8 Å². The molecular formula is C11H21NO3. The standard InChI is InChI=1S/C11H21NO3/c1-5-12(6-2)10(13)8-9(4)11(14)15-7-3/h9H,5-8H2,1-4H3. The Morgan fingerprint density at radius 3 is 2.13 bits per heavy atom. The van der Waals surface area contributed by atoms with Crippen LogP contribution in [0.4, 0.5) is 0 Å². The molecule has 0 bridgehead atoms. The molecule has 1 atom stereocenters. The molecular weight excluding hydrogens is 194 g/mol. The van der Waals surface area contributed by atoms with Crippen molar-refractivity contribution in [3.63, 3.8) is 0 Å². The van der Waals surface area contributed by atoms with Crippen molar-refractivity contribution in [2.45, 2.75) is 34.1 Å². The molecule has 0 aromatic heterocycles. The molecule has 15 heavy (non-hydrogen) atoms. The minimum atomic E-state index is -0.349. The fourth-order valence-electron chi connectivity index (χ4n) is 1.34. The molecule has 0 N–H and O–H groups in total. The zero-order valence-electron chi connectivity index (χ0n) is 10.1. The second kappa shape index (κ2) is 7.26. The third-order valence-corrected chi connectivity index (χ3v) is 2.29. The van der Waals surface area contributed by atoms with Gasteiger partial charge < -0.3 is 9.64 Å². The molecule has 0 saturated carbocycles. The van der Waals surface area contributed by atoms with Crippen LogP contribution in [0.1, 0.15) is 34.1 Å². The summed E-state index contributed by atoms with van der Waals surface area (Å²) in [5, 5.41) is 0. The molecule has 0 aromatic rings. The quantitative estimate of drug-likeness (QED) is 0.630. The van der Waals surface area contributed by atoms with E-state index >= 15 is 0 Å². The molecule has 1 unspecified atom stereocenters.